The molecule has 7 nitrogen and oxygen atoms in total. The monoisotopic (exact) mass is 318 g/mol. The van der Waals surface area contributed by atoms with E-state index >= 15 is 0 Å². The average Bonchev–Trinajstić information content (AvgIpc) is 2.92. The Morgan fingerprint density at radius 3 is 2.74 bits per heavy atom. The molecule has 7 heteroatoms. The van der Waals surface area contributed by atoms with E-state index in [0.29, 0.717) is 17.1 Å². The first-order valence-corrected chi connectivity index (χ1v) is 6.94. The molecule has 2 rings (SSSR count). The van der Waals surface area contributed by atoms with Gasteiger partial charge >= 0.3 is 5.97 Å². The van der Waals surface area contributed by atoms with Crippen molar-refractivity contribution in [3.63, 3.8) is 0 Å². The first-order chi connectivity index (χ1) is 10.9. The first-order valence-electron chi connectivity index (χ1n) is 6.94. The van der Waals surface area contributed by atoms with Gasteiger partial charge in [0.1, 0.15) is 11.5 Å². The van der Waals surface area contributed by atoms with E-state index in [-0.39, 0.29) is 12.1 Å². The lowest BCUT2D eigenvalue weighted by Crippen LogP contribution is -2.45. The van der Waals surface area contributed by atoms with Crippen molar-refractivity contribution in [2.75, 3.05) is 7.11 Å². The minimum atomic E-state index is -1.12. The van der Waals surface area contributed by atoms with Crippen LogP contribution in [0.3, 0.4) is 0 Å². The second kappa shape index (κ2) is 6.51. The van der Waals surface area contributed by atoms with Gasteiger partial charge in [-0.15, -0.1) is 0 Å². The van der Waals surface area contributed by atoms with Crippen molar-refractivity contribution in [3.8, 4) is 5.75 Å². The number of aryl methyl sites for hydroxylation is 1. The van der Waals surface area contributed by atoms with E-state index in [0.717, 1.165) is 0 Å². The molecule has 1 amide bonds. The highest BCUT2D eigenvalue weighted by Gasteiger charge is 2.33. The molecular weight excluding hydrogens is 300 g/mol. The molecule has 0 radical (unpaired) electrons. The number of amides is 1. The maximum Gasteiger partial charge on any atom is 0.306 e. The molecule has 1 heterocycles. The van der Waals surface area contributed by atoms with E-state index in [9.17, 15) is 14.7 Å². The standard InChI is InChI=1S/C16H18N2O5/c1-10-14(17-9-23-10)15(21)18-16(2,8-13(19)20)11-5-4-6-12(7-11)22-3/h4-7,9H,8H2,1-3H3,(H,18,21)(H,19,20). The number of aliphatic carboxylic acids is 1. The Morgan fingerprint density at radius 2 is 2.17 bits per heavy atom. The summed E-state index contributed by atoms with van der Waals surface area (Å²) in [6.45, 7) is 3.26. The Labute approximate surface area is 133 Å². The van der Waals surface area contributed by atoms with Crippen molar-refractivity contribution in [2.45, 2.75) is 25.8 Å². The van der Waals surface area contributed by atoms with Gasteiger partial charge < -0.3 is 19.6 Å². The molecule has 122 valence electrons. The zero-order valence-corrected chi connectivity index (χ0v) is 13.1. The summed E-state index contributed by atoms with van der Waals surface area (Å²) in [5.41, 5.74) is -0.374. The van der Waals surface area contributed by atoms with Crippen LogP contribution >= 0.6 is 0 Å². The fourth-order valence-electron chi connectivity index (χ4n) is 2.32. The smallest absolute Gasteiger partial charge is 0.306 e. The largest absolute Gasteiger partial charge is 0.497 e. The molecule has 0 aliphatic rings. The van der Waals surface area contributed by atoms with Gasteiger partial charge in [-0.05, 0) is 31.5 Å². The van der Waals surface area contributed by atoms with Gasteiger partial charge in [0.15, 0.2) is 12.1 Å². The number of hydrogen-bond acceptors (Lipinski definition) is 5. The van der Waals surface area contributed by atoms with E-state index < -0.39 is 17.4 Å². The molecule has 2 aromatic rings. The number of ether oxygens (including phenoxy) is 1. The van der Waals surface area contributed by atoms with Gasteiger partial charge in [-0.1, -0.05) is 12.1 Å². The number of aromatic nitrogens is 1. The van der Waals surface area contributed by atoms with Crippen LogP contribution in [0.2, 0.25) is 0 Å². The molecule has 0 saturated heterocycles. The third kappa shape index (κ3) is 3.68. The molecule has 0 saturated carbocycles. The number of rotatable bonds is 6. The summed E-state index contributed by atoms with van der Waals surface area (Å²) in [5.74, 6) is -0.591. The van der Waals surface area contributed by atoms with E-state index in [2.05, 4.69) is 10.3 Å². The van der Waals surface area contributed by atoms with Gasteiger partial charge in [0, 0.05) is 0 Å². The molecule has 1 aromatic heterocycles. The van der Waals surface area contributed by atoms with Crippen LogP contribution in [-0.4, -0.2) is 29.1 Å². The predicted octanol–water partition coefficient (Wildman–Crippen LogP) is 2.11. The molecule has 0 spiro atoms. The second-order valence-electron chi connectivity index (χ2n) is 5.35. The lowest BCUT2D eigenvalue weighted by Gasteiger charge is -2.30. The van der Waals surface area contributed by atoms with Gasteiger partial charge in [0.05, 0.1) is 19.1 Å². The summed E-state index contributed by atoms with van der Waals surface area (Å²) in [6, 6.07) is 6.91. The summed E-state index contributed by atoms with van der Waals surface area (Å²) in [6.07, 6.45) is 0.882. The SMILES string of the molecule is COc1cccc(C(C)(CC(=O)O)NC(=O)c2ncoc2C)c1. The van der Waals surface area contributed by atoms with E-state index in [1.165, 1.54) is 13.5 Å². The molecule has 0 aliphatic carbocycles. The van der Waals surface area contributed by atoms with Crippen molar-refractivity contribution in [1.29, 1.82) is 0 Å². The number of methoxy groups -OCH3 is 1. The Morgan fingerprint density at radius 1 is 1.43 bits per heavy atom. The second-order valence-corrected chi connectivity index (χ2v) is 5.35. The molecule has 1 aromatic carbocycles. The molecule has 1 unspecified atom stereocenters. The third-order valence-corrected chi connectivity index (χ3v) is 3.56. The minimum Gasteiger partial charge on any atom is -0.497 e. The van der Waals surface area contributed by atoms with Crippen LogP contribution in [0.5, 0.6) is 5.75 Å². The number of carbonyl (C=O) groups is 2. The quantitative estimate of drug-likeness (QED) is 0.846. The summed E-state index contributed by atoms with van der Waals surface area (Å²) >= 11 is 0. The molecule has 1 atom stereocenters. The predicted molar refractivity (Wildman–Crippen MR) is 81.3 cm³/mol. The van der Waals surface area contributed by atoms with Crippen molar-refractivity contribution in [3.05, 3.63) is 47.7 Å². The number of hydrogen-bond donors (Lipinski definition) is 2. The molecule has 0 fully saturated rings. The summed E-state index contributed by atoms with van der Waals surface area (Å²) in [4.78, 5) is 27.5. The van der Waals surface area contributed by atoms with Crippen LogP contribution in [0.1, 0.15) is 35.2 Å². The maximum absolute atomic E-state index is 12.4. The molecule has 2 N–H and O–H groups in total. The van der Waals surface area contributed by atoms with Crippen LogP contribution in [0.25, 0.3) is 0 Å². The number of carbonyl (C=O) groups excluding carboxylic acids is 1. The number of nitrogens with zero attached hydrogens (tertiary/aromatic N) is 1. The van der Waals surface area contributed by atoms with E-state index in [1.807, 2.05) is 0 Å². The number of benzene rings is 1. The zero-order chi connectivity index (χ0) is 17.0. The van der Waals surface area contributed by atoms with E-state index in [4.69, 9.17) is 9.15 Å². The van der Waals surface area contributed by atoms with Crippen molar-refractivity contribution in [2.24, 2.45) is 0 Å². The highest BCUT2D eigenvalue weighted by atomic mass is 16.5. The molecular formula is C16H18N2O5. The number of carboxylic acid groups (broad SMARTS) is 1. The van der Waals surface area contributed by atoms with Crippen LogP contribution in [0.4, 0.5) is 0 Å². The highest BCUT2D eigenvalue weighted by molar-refractivity contribution is 5.94. The lowest BCUT2D eigenvalue weighted by atomic mass is 9.88. The Kier molecular flexibility index (Phi) is 4.68. The Balaban J connectivity index is 2.37. The molecule has 0 aliphatic heterocycles. The number of nitrogens with one attached hydrogen (secondary N) is 1. The average molecular weight is 318 g/mol. The fraction of sp³-hybridized carbons (Fsp3) is 0.312. The summed E-state index contributed by atoms with van der Waals surface area (Å²) in [5, 5.41) is 12.0. The zero-order valence-electron chi connectivity index (χ0n) is 13.1. The van der Waals surface area contributed by atoms with Crippen LogP contribution < -0.4 is 10.1 Å². The maximum atomic E-state index is 12.4. The lowest BCUT2D eigenvalue weighted by molar-refractivity contribution is -0.138. The van der Waals surface area contributed by atoms with Gasteiger partial charge in [-0.25, -0.2) is 4.98 Å². The topological polar surface area (TPSA) is 102 Å². The fourth-order valence-corrected chi connectivity index (χ4v) is 2.32. The Hall–Kier alpha value is -2.83. The van der Waals surface area contributed by atoms with Crippen LogP contribution in [0, 0.1) is 6.92 Å². The number of carboxylic acids is 1. The van der Waals surface area contributed by atoms with Gasteiger partial charge in [0.25, 0.3) is 5.91 Å². The first kappa shape index (κ1) is 16.5. The van der Waals surface area contributed by atoms with Crippen molar-refractivity contribution in [1.82, 2.24) is 10.3 Å². The Bertz CT molecular complexity index is 725. The van der Waals surface area contributed by atoms with Crippen LogP contribution in [-0.2, 0) is 10.3 Å². The van der Waals surface area contributed by atoms with E-state index in [1.54, 1.807) is 38.1 Å². The van der Waals surface area contributed by atoms with Gasteiger partial charge in [-0.2, -0.15) is 0 Å². The normalized spacial score (nSPS) is 13.2. The number of oxazole rings is 1. The summed E-state index contributed by atoms with van der Waals surface area (Å²) in [7, 11) is 1.52. The highest BCUT2D eigenvalue weighted by Crippen LogP contribution is 2.28. The van der Waals surface area contributed by atoms with Crippen LogP contribution in [0.15, 0.2) is 35.1 Å². The molecule has 0 bridgehead atoms. The minimum absolute atomic E-state index is 0.129. The van der Waals surface area contributed by atoms with Gasteiger partial charge in [-0.3, -0.25) is 9.59 Å². The van der Waals surface area contributed by atoms with Gasteiger partial charge in [0.2, 0.25) is 0 Å². The third-order valence-electron chi connectivity index (χ3n) is 3.56. The van der Waals surface area contributed by atoms with Crippen molar-refractivity contribution >= 4 is 11.9 Å². The van der Waals surface area contributed by atoms with Crippen molar-refractivity contribution < 1.29 is 23.8 Å². The molecule has 23 heavy (non-hydrogen) atoms. The summed E-state index contributed by atoms with van der Waals surface area (Å²) < 4.78 is 10.2.